The van der Waals surface area contributed by atoms with Crippen LogP contribution in [0.5, 0.6) is 11.5 Å². The van der Waals surface area contributed by atoms with E-state index in [0.717, 1.165) is 5.56 Å². The van der Waals surface area contributed by atoms with Crippen LogP contribution in [0.1, 0.15) is 83.0 Å². The van der Waals surface area contributed by atoms with Crippen molar-refractivity contribution < 1.29 is 39.9 Å². The molecule has 11 nitrogen and oxygen atoms in total. The van der Waals surface area contributed by atoms with E-state index in [1.165, 1.54) is 0 Å². The van der Waals surface area contributed by atoms with E-state index < -0.39 is 57.0 Å². The van der Waals surface area contributed by atoms with Gasteiger partial charge < -0.3 is 27.0 Å². The van der Waals surface area contributed by atoms with Crippen LogP contribution >= 0.6 is 7.14 Å². The van der Waals surface area contributed by atoms with Gasteiger partial charge in [0.1, 0.15) is 23.6 Å². The van der Waals surface area contributed by atoms with Crippen LogP contribution in [-0.2, 0) is 44.3 Å². The Kier molecular flexibility index (Phi) is 9.92. The third-order valence-corrected chi connectivity index (χ3v) is 13.0. The molecule has 1 N–H and O–H groups in total. The summed E-state index contributed by atoms with van der Waals surface area (Å²) in [6.45, 7) is 10.5. The van der Waals surface area contributed by atoms with E-state index in [9.17, 15) is 22.6 Å². The summed E-state index contributed by atoms with van der Waals surface area (Å²) in [7, 11) is -9.12. The summed E-state index contributed by atoms with van der Waals surface area (Å²) in [6.07, 6.45) is -0.713. The number of aryl methyl sites for hydroxylation is 1. The fraction of sp³-hybridized carbons (Fsp3) is 0.438. The van der Waals surface area contributed by atoms with E-state index in [-0.39, 0.29) is 35.9 Å². The Balaban J connectivity index is 1.68. The summed E-state index contributed by atoms with van der Waals surface area (Å²) in [4.78, 5) is 22.5. The Bertz CT molecular complexity index is 1810. The van der Waals surface area contributed by atoms with Gasteiger partial charge in [-0.05, 0) is 49.1 Å². The van der Waals surface area contributed by atoms with E-state index in [4.69, 9.17) is 22.4 Å². The maximum absolute atomic E-state index is 15.0. The van der Waals surface area contributed by atoms with Gasteiger partial charge in [-0.3, -0.25) is 4.55 Å². The Labute approximate surface area is 261 Å². The lowest BCUT2D eigenvalue weighted by Gasteiger charge is -2.26. The fourth-order valence-corrected chi connectivity index (χ4v) is 10.6. The Morgan fingerprint density at radius 3 is 1.78 bits per heavy atom. The molecule has 0 aliphatic heterocycles. The molecule has 0 bridgehead atoms. The molecular formula is C32H39O11PS. The van der Waals surface area contributed by atoms with Gasteiger partial charge in [-0.2, -0.15) is 8.42 Å². The summed E-state index contributed by atoms with van der Waals surface area (Å²) in [6, 6.07) is 16.5. The fourth-order valence-electron chi connectivity index (χ4n) is 5.21. The van der Waals surface area contributed by atoms with Gasteiger partial charge in [-0.1, -0.05) is 71.9 Å². The highest BCUT2D eigenvalue weighted by atomic mass is 32.2. The van der Waals surface area contributed by atoms with E-state index in [1.807, 2.05) is 48.5 Å². The van der Waals surface area contributed by atoms with Gasteiger partial charge in [0.05, 0.1) is 12.3 Å². The van der Waals surface area contributed by atoms with Gasteiger partial charge in [0.2, 0.25) is 0 Å². The molecule has 0 aliphatic carbocycles. The highest BCUT2D eigenvalue weighted by Gasteiger charge is 2.46. The highest BCUT2D eigenvalue weighted by Crippen LogP contribution is 2.60. The number of hydrogen-bond acceptors (Lipinski definition) is 10. The first-order valence-corrected chi connectivity index (χ1v) is 18.1. The first-order valence-electron chi connectivity index (χ1n) is 14.5. The van der Waals surface area contributed by atoms with Crippen molar-refractivity contribution in [2.45, 2.75) is 88.9 Å². The monoisotopic (exact) mass is 662 g/mol. The molecular weight excluding hydrogens is 623 g/mol. The molecule has 0 saturated heterocycles. The average molecular weight is 663 g/mol. The molecule has 4 rings (SSSR count). The lowest BCUT2D eigenvalue weighted by Crippen LogP contribution is -2.24. The molecule has 0 saturated carbocycles. The molecule has 0 amide bonds. The van der Waals surface area contributed by atoms with Crippen molar-refractivity contribution in [1.29, 1.82) is 0 Å². The van der Waals surface area contributed by atoms with Crippen molar-refractivity contribution in [2.75, 3.05) is 0 Å². The first kappa shape index (κ1) is 34.3. The largest absolute Gasteiger partial charge is 0.519 e. The quantitative estimate of drug-likeness (QED) is 0.118. The summed E-state index contributed by atoms with van der Waals surface area (Å²) in [5, 5.41) is 0. The first-order chi connectivity index (χ1) is 20.8. The minimum atomic E-state index is -4.94. The SMILES string of the molecule is CC(C)(C)c1oc(=O)oc1CP(=O)(Cc1oc(=O)oc1C(C)(C)C)[C@H](CCCc1cccc(Oc2ccccc2)c1)S(=O)(=O)O. The number of para-hydroxylation sites is 1. The molecule has 45 heavy (non-hydrogen) atoms. The van der Waals surface area contributed by atoms with Crippen molar-refractivity contribution >= 4 is 17.3 Å². The Morgan fingerprint density at radius 1 is 0.778 bits per heavy atom. The lowest BCUT2D eigenvalue weighted by molar-refractivity contribution is 0.344. The zero-order chi connectivity index (χ0) is 33.2. The van der Waals surface area contributed by atoms with Crippen molar-refractivity contribution in [3.8, 4) is 11.5 Å². The van der Waals surface area contributed by atoms with Crippen molar-refractivity contribution in [1.82, 2.24) is 0 Å². The maximum Gasteiger partial charge on any atom is 0.519 e. The number of hydrogen-bond donors (Lipinski definition) is 1. The molecule has 0 aliphatic rings. The molecule has 0 unspecified atom stereocenters. The molecule has 4 aromatic rings. The third kappa shape index (κ3) is 8.77. The second-order valence-electron chi connectivity index (χ2n) is 13.1. The van der Waals surface area contributed by atoms with E-state index >= 15 is 4.57 Å². The van der Waals surface area contributed by atoms with E-state index in [0.29, 0.717) is 17.9 Å². The summed E-state index contributed by atoms with van der Waals surface area (Å²) < 4.78 is 78.4. The molecule has 1 atom stereocenters. The van der Waals surface area contributed by atoms with Crippen LogP contribution in [-0.4, -0.2) is 18.0 Å². The summed E-state index contributed by atoms with van der Waals surface area (Å²) in [5.74, 6) is -0.825. The van der Waals surface area contributed by atoms with Crippen molar-refractivity contribution in [3.63, 3.8) is 0 Å². The Morgan fingerprint density at radius 2 is 1.29 bits per heavy atom. The van der Waals surface area contributed by atoms with Crippen molar-refractivity contribution in [3.05, 3.63) is 104 Å². The molecule has 244 valence electrons. The predicted octanol–water partition coefficient (Wildman–Crippen LogP) is 7.47. The van der Waals surface area contributed by atoms with Gasteiger partial charge in [-0.25, -0.2) is 9.59 Å². The summed E-state index contributed by atoms with van der Waals surface area (Å²) >= 11 is 0. The second-order valence-corrected chi connectivity index (χ2v) is 18.2. The third-order valence-electron chi connectivity index (χ3n) is 7.14. The zero-order valence-electron chi connectivity index (χ0n) is 26.2. The van der Waals surface area contributed by atoms with Crippen LogP contribution in [0.4, 0.5) is 0 Å². The normalized spacial score (nSPS) is 13.6. The second kappa shape index (κ2) is 13.0. The van der Waals surface area contributed by atoms with Gasteiger partial charge in [0.15, 0.2) is 23.0 Å². The van der Waals surface area contributed by atoms with Gasteiger partial charge in [-0.15, -0.1) is 0 Å². The van der Waals surface area contributed by atoms with Crippen LogP contribution in [0.25, 0.3) is 0 Å². The van der Waals surface area contributed by atoms with Gasteiger partial charge in [0, 0.05) is 10.8 Å². The maximum atomic E-state index is 15.0. The molecule has 2 heterocycles. The minimum absolute atomic E-state index is 0.0987. The van der Waals surface area contributed by atoms with Crippen LogP contribution < -0.4 is 16.4 Å². The lowest BCUT2D eigenvalue weighted by atomic mass is 9.92. The van der Waals surface area contributed by atoms with Gasteiger partial charge in [0.25, 0.3) is 10.1 Å². The predicted molar refractivity (Wildman–Crippen MR) is 168 cm³/mol. The molecule has 0 spiro atoms. The number of rotatable bonds is 12. The molecule has 0 fully saturated rings. The van der Waals surface area contributed by atoms with Crippen LogP contribution in [0.2, 0.25) is 0 Å². The van der Waals surface area contributed by atoms with Crippen molar-refractivity contribution in [2.24, 2.45) is 0 Å². The number of benzene rings is 2. The van der Waals surface area contributed by atoms with Crippen LogP contribution in [0, 0.1) is 0 Å². The zero-order valence-corrected chi connectivity index (χ0v) is 27.9. The van der Waals surface area contributed by atoms with E-state index in [1.54, 1.807) is 47.6 Å². The molecule has 2 aromatic heterocycles. The molecule has 2 aromatic carbocycles. The highest BCUT2D eigenvalue weighted by molar-refractivity contribution is 7.95. The molecule has 13 heteroatoms. The van der Waals surface area contributed by atoms with E-state index in [2.05, 4.69) is 0 Å². The topological polar surface area (TPSA) is 167 Å². The van der Waals surface area contributed by atoms with Crippen LogP contribution in [0.3, 0.4) is 0 Å². The molecule has 0 radical (unpaired) electrons. The summed E-state index contributed by atoms with van der Waals surface area (Å²) in [5.41, 5.74) is -0.684. The smallest absolute Gasteiger partial charge is 0.457 e. The Hall–Kier alpha value is -3.60. The minimum Gasteiger partial charge on any atom is -0.457 e. The number of ether oxygens (including phenoxy) is 1. The standard InChI is InChI=1S/C32H39O11PS/c1-31(2,3)27-24(40-29(33)42-27)19-44(35,20-25-28(32(4,5)6)43-30(34)41-25)26(45(36,37)38)17-11-13-21-12-10-16-23(18-21)39-22-14-8-7-9-15-22/h7-10,12,14-16,18,26H,11,13,17,19-20H2,1-6H3,(H,36,37,38)/t26-/m0/s1. The van der Waals surface area contributed by atoms with Crippen LogP contribution in [0.15, 0.2) is 81.9 Å². The van der Waals surface area contributed by atoms with Gasteiger partial charge >= 0.3 is 11.6 Å². The average Bonchev–Trinajstić information content (AvgIpc) is 3.47.